The summed E-state index contributed by atoms with van der Waals surface area (Å²) >= 11 is 0. The molecule has 0 radical (unpaired) electrons. The van der Waals surface area contributed by atoms with Gasteiger partial charge in [0, 0.05) is 30.8 Å². The zero-order valence-electron chi connectivity index (χ0n) is 15.9. The van der Waals surface area contributed by atoms with E-state index in [1.54, 1.807) is 44.1 Å². The molecule has 2 aromatic rings. The van der Waals surface area contributed by atoms with Crippen LogP contribution in [0.2, 0.25) is 0 Å². The number of nitrogens with one attached hydrogen (secondary N) is 1. The van der Waals surface area contributed by atoms with E-state index in [9.17, 15) is 13.2 Å². The number of nitrogens with zero attached hydrogens (tertiary/aromatic N) is 1. The first-order valence-corrected chi connectivity index (χ1v) is 10.2. The van der Waals surface area contributed by atoms with Crippen LogP contribution in [0.4, 0.5) is 5.69 Å². The number of amides is 1. The maximum Gasteiger partial charge on any atom is 0.241 e. The van der Waals surface area contributed by atoms with Gasteiger partial charge in [0.2, 0.25) is 15.9 Å². The maximum atomic E-state index is 12.9. The SMILES string of the molecule is COc1cccc(N2C[C@@H](NS(=O)(=O)c3c(C)cc(C)cc3C)CC2=O)c1. The Kier molecular flexibility index (Phi) is 5.26. The molecule has 144 valence electrons. The second kappa shape index (κ2) is 7.32. The highest BCUT2D eigenvalue weighted by atomic mass is 32.2. The summed E-state index contributed by atoms with van der Waals surface area (Å²) in [5.41, 5.74) is 3.12. The van der Waals surface area contributed by atoms with E-state index >= 15 is 0 Å². The molecule has 1 atom stereocenters. The van der Waals surface area contributed by atoms with E-state index in [1.165, 1.54) is 0 Å². The number of aryl methyl sites for hydroxylation is 3. The Balaban J connectivity index is 1.82. The van der Waals surface area contributed by atoms with Crippen molar-refractivity contribution in [2.45, 2.75) is 38.1 Å². The lowest BCUT2D eigenvalue weighted by molar-refractivity contribution is -0.117. The molecule has 1 saturated heterocycles. The molecular formula is C20H24N2O4S. The molecule has 0 saturated carbocycles. The molecule has 3 rings (SSSR count). The molecule has 6 nitrogen and oxygen atoms in total. The minimum atomic E-state index is -3.72. The Morgan fingerprint density at radius 2 is 1.78 bits per heavy atom. The number of methoxy groups -OCH3 is 1. The minimum absolute atomic E-state index is 0.117. The van der Waals surface area contributed by atoms with Crippen molar-refractivity contribution in [1.29, 1.82) is 0 Å². The van der Waals surface area contributed by atoms with Crippen LogP contribution in [-0.4, -0.2) is 34.0 Å². The predicted molar refractivity (Wildman–Crippen MR) is 105 cm³/mol. The van der Waals surface area contributed by atoms with E-state index in [0.29, 0.717) is 27.5 Å². The molecule has 7 heteroatoms. The van der Waals surface area contributed by atoms with Crippen molar-refractivity contribution in [3.05, 3.63) is 53.1 Å². The average Bonchev–Trinajstić information content (AvgIpc) is 2.93. The number of hydrogen-bond donors (Lipinski definition) is 1. The van der Waals surface area contributed by atoms with Crippen molar-refractivity contribution in [2.24, 2.45) is 0 Å². The number of benzene rings is 2. The third kappa shape index (κ3) is 3.99. The van der Waals surface area contributed by atoms with Gasteiger partial charge in [0.1, 0.15) is 5.75 Å². The van der Waals surface area contributed by atoms with E-state index in [2.05, 4.69) is 4.72 Å². The Morgan fingerprint density at radius 1 is 1.11 bits per heavy atom. The number of carbonyl (C=O) groups is 1. The van der Waals surface area contributed by atoms with E-state index in [-0.39, 0.29) is 18.9 Å². The number of ether oxygens (including phenoxy) is 1. The van der Waals surface area contributed by atoms with Crippen LogP contribution in [0.15, 0.2) is 41.3 Å². The van der Waals surface area contributed by atoms with Crippen LogP contribution in [0.5, 0.6) is 5.75 Å². The first-order chi connectivity index (χ1) is 12.7. The highest BCUT2D eigenvalue weighted by Gasteiger charge is 2.34. The lowest BCUT2D eigenvalue weighted by Crippen LogP contribution is -2.37. The molecule has 1 N–H and O–H groups in total. The first kappa shape index (κ1) is 19.4. The lowest BCUT2D eigenvalue weighted by Gasteiger charge is -2.19. The van der Waals surface area contributed by atoms with Gasteiger partial charge < -0.3 is 9.64 Å². The van der Waals surface area contributed by atoms with Crippen molar-refractivity contribution in [1.82, 2.24) is 4.72 Å². The molecule has 27 heavy (non-hydrogen) atoms. The Bertz CT molecular complexity index is 962. The number of hydrogen-bond acceptors (Lipinski definition) is 4. The molecule has 0 spiro atoms. The topological polar surface area (TPSA) is 75.7 Å². The summed E-state index contributed by atoms with van der Waals surface area (Å²) in [5.74, 6) is 0.531. The highest BCUT2D eigenvalue weighted by molar-refractivity contribution is 7.89. The minimum Gasteiger partial charge on any atom is -0.497 e. The smallest absolute Gasteiger partial charge is 0.241 e. The van der Waals surface area contributed by atoms with Crippen molar-refractivity contribution in [3.8, 4) is 5.75 Å². The Labute approximate surface area is 160 Å². The van der Waals surface area contributed by atoms with E-state index in [0.717, 1.165) is 5.56 Å². The number of carbonyl (C=O) groups excluding carboxylic acids is 1. The maximum absolute atomic E-state index is 12.9. The third-order valence-electron chi connectivity index (χ3n) is 4.69. The molecule has 0 unspecified atom stereocenters. The quantitative estimate of drug-likeness (QED) is 0.855. The van der Waals surface area contributed by atoms with Gasteiger partial charge in [-0.2, -0.15) is 0 Å². The summed E-state index contributed by atoms with van der Waals surface area (Å²) in [5, 5.41) is 0. The summed E-state index contributed by atoms with van der Waals surface area (Å²) < 4.78 is 33.8. The molecule has 1 amide bonds. The molecule has 0 aromatic heterocycles. The molecule has 1 heterocycles. The molecule has 1 aliphatic heterocycles. The molecule has 0 aliphatic carbocycles. The fourth-order valence-corrected chi connectivity index (χ4v) is 5.36. The van der Waals surface area contributed by atoms with Crippen molar-refractivity contribution in [3.63, 3.8) is 0 Å². The first-order valence-electron chi connectivity index (χ1n) is 8.76. The molecule has 0 bridgehead atoms. The summed E-state index contributed by atoms with van der Waals surface area (Å²) in [6, 6.07) is 10.4. The zero-order valence-corrected chi connectivity index (χ0v) is 16.8. The fourth-order valence-electron chi connectivity index (χ4n) is 3.68. The normalized spacial score (nSPS) is 17.4. The molecule has 2 aromatic carbocycles. The van der Waals surface area contributed by atoms with E-state index in [1.807, 2.05) is 25.1 Å². The van der Waals surface area contributed by atoms with Crippen molar-refractivity contribution in [2.75, 3.05) is 18.6 Å². The van der Waals surface area contributed by atoms with Gasteiger partial charge in [0.25, 0.3) is 0 Å². The summed E-state index contributed by atoms with van der Waals surface area (Å²) in [7, 11) is -2.15. The predicted octanol–water partition coefficient (Wildman–Crippen LogP) is 2.70. The van der Waals surface area contributed by atoms with Crippen LogP contribution in [0.25, 0.3) is 0 Å². The van der Waals surface area contributed by atoms with Crippen LogP contribution in [-0.2, 0) is 14.8 Å². The Morgan fingerprint density at radius 3 is 2.41 bits per heavy atom. The molecular weight excluding hydrogens is 364 g/mol. The summed E-state index contributed by atoms with van der Waals surface area (Å²) in [6.07, 6.45) is 0.125. The number of sulfonamides is 1. The monoisotopic (exact) mass is 388 g/mol. The number of rotatable bonds is 5. The van der Waals surface area contributed by atoms with Gasteiger partial charge in [-0.3, -0.25) is 4.79 Å². The van der Waals surface area contributed by atoms with Crippen LogP contribution in [0.1, 0.15) is 23.1 Å². The second-order valence-corrected chi connectivity index (χ2v) is 8.61. The van der Waals surface area contributed by atoms with E-state index < -0.39 is 16.1 Å². The van der Waals surface area contributed by atoms with Crippen LogP contribution < -0.4 is 14.4 Å². The van der Waals surface area contributed by atoms with Crippen molar-refractivity contribution < 1.29 is 17.9 Å². The second-order valence-electron chi connectivity index (χ2n) is 6.96. The largest absolute Gasteiger partial charge is 0.497 e. The van der Waals surface area contributed by atoms with Crippen LogP contribution in [0, 0.1) is 20.8 Å². The van der Waals surface area contributed by atoms with Gasteiger partial charge in [0.05, 0.1) is 12.0 Å². The fraction of sp³-hybridized carbons (Fsp3) is 0.350. The third-order valence-corrected chi connectivity index (χ3v) is 6.51. The van der Waals surface area contributed by atoms with Gasteiger partial charge in [-0.25, -0.2) is 13.1 Å². The van der Waals surface area contributed by atoms with Crippen molar-refractivity contribution >= 4 is 21.6 Å². The van der Waals surface area contributed by atoms with Crippen LogP contribution in [0.3, 0.4) is 0 Å². The molecule has 1 aliphatic rings. The highest BCUT2D eigenvalue weighted by Crippen LogP contribution is 2.27. The number of anilines is 1. The average molecular weight is 388 g/mol. The van der Waals surface area contributed by atoms with Gasteiger partial charge in [0.15, 0.2) is 0 Å². The van der Waals surface area contributed by atoms with Gasteiger partial charge in [-0.15, -0.1) is 0 Å². The summed E-state index contributed by atoms with van der Waals surface area (Å²) in [6.45, 7) is 5.80. The standard InChI is InChI=1S/C20H24N2O4S/c1-13-8-14(2)20(15(3)9-13)27(24,25)21-16-10-19(23)22(12-16)17-6-5-7-18(11-17)26-4/h5-9,11,16,21H,10,12H2,1-4H3/t16-/m0/s1. The van der Waals surface area contributed by atoms with Gasteiger partial charge in [-0.1, -0.05) is 23.8 Å². The zero-order chi connectivity index (χ0) is 19.8. The van der Waals surface area contributed by atoms with E-state index in [4.69, 9.17) is 4.74 Å². The Hall–Kier alpha value is -2.38. The van der Waals surface area contributed by atoms with Gasteiger partial charge >= 0.3 is 0 Å². The van der Waals surface area contributed by atoms with Gasteiger partial charge in [-0.05, 0) is 44.0 Å². The lowest BCUT2D eigenvalue weighted by atomic mass is 10.1. The van der Waals surface area contributed by atoms with Crippen LogP contribution >= 0.6 is 0 Å². The molecule has 1 fully saturated rings. The summed E-state index contributed by atoms with van der Waals surface area (Å²) in [4.78, 5) is 14.3.